The molecule has 15 heteroatoms. The minimum Gasteiger partial charge on any atom is -0.462 e. The number of aliphatic hydroxyl groups excluding tert-OH is 1. The van der Waals surface area contributed by atoms with Crippen molar-refractivity contribution >= 4 is 35.8 Å². The monoisotopic (exact) mass is 813 g/mol. The standard InChI is InChI=1S/C44H51N3O12/c1-42(2)24-54-40(52)37(42)56-32(49)17-12-26-10-7-11-27(20-26)23-47-35-39(51)55-31-22-43(35,36(59-47)34-33(31)57-44(58-34,28-13-14-28)29-15-16-29)41(53)46(3)30(38(50)45-18-19-48)21-25-8-5-4-6-9-25/h4-12,17,20,28-31,33-37,48H,13-16,18-19,21-24H2,1-3H3,(H,45,50)/t30-,31-,33+,34+,35+,36-,37+,43+/m1/s1. The summed E-state index contributed by atoms with van der Waals surface area (Å²) in [6.07, 6.45) is 2.86. The van der Waals surface area contributed by atoms with Crippen molar-refractivity contribution in [2.24, 2.45) is 22.7 Å². The van der Waals surface area contributed by atoms with Gasteiger partial charge in [-0.3, -0.25) is 19.2 Å². The van der Waals surface area contributed by atoms with Gasteiger partial charge in [0, 0.05) is 49.8 Å². The fourth-order valence-corrected chi connectivity index (χ4v) is 9.89. The van der Waals surface area contributed by atoms with Gasteiger partial charge in [0.1, 0.15) is 42.5 Å². The second kappa shape index (κ2) is 15.1. The summed E-state index contributed by atoms with van der Waals surface area (Å²) in [6, 6.07) is 14.5. The number of esters is 3. The van der Waals surface area contributed by atoms with Gasteiger partial charge in [0.15, 0.2) is 11.8 Å². The molecule has 0 spiro atoms. The van der Waals surface area contributed by atoms with Crippen molar-refractivity contribution in [2.75, 3.05) is 26.8 Å². The number of amides is 2. The zero-order valence-corrected chi connectivity index (χ0v) is 33.5. The Hall–Kier alpha value is -4.67. The number of carbonyl (C=O) groups excluding carboxylic acids is 5. The van der Waals surface area contributed by atoms with Crippen LogP contribution in [0.4, 0.5) is 0 Å². The molecule has 2 aromatic carbocycles. The molecule has 0 unspecified atom stereocenters. The molecule has 9 rings (SSSR count). The highest BCUT2D eigenvalue weighted by Gasteiger charge is 2.78. The molecule has 4 saturated heterocycles. The molecular formula is C44H51N3O12. The Kier molecular flexibility index (Phi) is 10.2. The average Bonchev–Trinajstić information content (AvgIpc) is 4.17. The van der Waals surface area contributed by atoms with E-state index in [1.807, 2.05) is 42.5 Å². The average molecular weight is 814 g/mol. The van der Waals surface area contributed by atoms with Crippen LogP contribution < -0.4 is 5.32 Å². The maximum absolute atomic E-state index is 15.5. The predicted molar refractivity (Wildman–Crippen MR) is 206 cm³/mol. The Balaban J connectivity index is 1.03. The van der Waals surface area contributed by atoms with Gasteiger partial charge in [-0.05, 0) is 48.4 Å². The number of aliphatic hydroxyl groups is 1. The lowest BCUT2D eigenvalue weighted by Gasteiger charge is -2.50. The number of fused-ring (bicyclic) bond motifs is 4. The van der Waals surface area contributed by atoms with Gasteiger partial charge in [-0.25, -0.2) is 9.59 Å². The molecule has 3 aliphatic carbocycles. The summed E-state index contributed by atoms with van der Waals surface area (Å²) in [4.78, 5) is 76.9. The van der Waals surface area contributed by atoms with Crippen molar-refractivity contribution in [1.29, 1.82) is 0 Å². The highest BCUT2D eigenvalue weighted by molar-refractivity contribution is 5.96. The van der Waals surface area contributed by atoms with Gasteiger partial charge in [0.05, 0.1) is 13.2 Å². The molecule has 7 aliphatic rings. The molecule has 2 N–H and O–H groups in total. The van der Waals surface area contributed by atoms with Crippen LogP contribution in [0.5, 0.6) is 0 Å². The molecule has 8 atom stereocenters. The zero-order valence-electron chi connectivity index (χ0n) is 33.5. The van der Waals surface area contributed by atoms with Crippen molar-refractivity contribution in [2.45, 2.75) is 107 Å². The predicted octanol–water partition coefficient (Wildman–Crippen LogP) is 2.47. The Labute approximate surface area is 342 Å². The third kappa shape index (κ3) is 7.03. The van der Waals surface area contributed by atoms with Crippen LogP contribution in [0.25, 0.3) is 6.08 Å². The Morgan fingerprint density at radius 3 is 2.37 bits per heavy atom. The van der Waals surface area contributed by atoms with E-state index in [0.717, 1.165) is 31.2 Å². The number of likely N-dealkylation sites (N-methyl/N-ethyl adjacent to an activating group) is 1. The van der Waals surface area contributed by atoms with Crippen LogP contribution in [0, 0.1) is 22.7 Å². The normalized spacial score (nSPS) is 31.9. The van der Waals surface area contributed by atoms with E-state index in [9.17, 15) is 24.3 Å². The maximum atomic E-state index is 15.5. The summed E-state index contributed by atoms with van der Waals surface area (Å²) in [5.41, 5.74) is 0.0259. The van der Waals surface area contributed by atoms with Crippen molar-refractivity contribution in [3.8, 4) is 0 Å². The maximum Gasteiger partial charge on any atom is 0.348 e. The minimum absolute atomic E-state index is 0.00987. The van der Waals surface area contributed by atoms with E-state index in [0.29, 0.717) is 11.1 Å². The lowest BCUT2D eigenvalue weighted by Crippen LogP contribution is -2.70. The summed E-state index contributed by atoms with van der Waals surface area (Å²) < 4.78 is 30.6. The molecule has 3 saturated carbocycles. The number of hydroxylamine groups is 2. The van der Waals surface area contributed by atoms with Gasteiger partial charge in [-0.1, -0.05) is 68.4 Å². The number of ether oxygens (including phenoxy) is 5. The Morgan fingerprint density at radius 2 is 1.69 bits per heavy atom. The molecule has 2 amide bonds. The van der Waals surface area contributed by atoms with Crippen LogP contribution in [0.1, 0.15) is 62.6 Å². The van der Waals surface area contributed by atoms with E-state index in [-0.39, 0.29) is 51.0 Å². The molecule has 2 bridgehead atoms. The molecule has 15 nitrogen and oxygen atoms in total. The highest BCUT2D eigenvalue weighted by Crippen LogP contribution is 2.64. The molecule has 0 aromatic heterocycles. The van der Waals surface area contributed by atoms with Gasteiger partial charge in [0.25, 0.3) is 0 Å². The summed E-state index contributed by atoms with van der Waals surface area (Å²) >= 11 is 0. The van der Waals surface area contributed by atoms with Crippen LogP contribution in [-0.2, 0) is 65.5 Å². The molecule has 2 aromatic rings. The SMILES string of the molecule is CN(C(=O)[C@@]12C[C@H]3OC(=O)[C@@H]1N(Cc1cccc(C=CC(=O)O[C@H]4C(=O)OCC4(C)C)c1)O[C@@H]2[C@H]1OC(C2CC2)(C2CC2)O[C@H]13)[C@H](Cc1ccccc1)C(=O)NCCO. The second-order valence-corrected chi connectivity index (χ2v) is 17.8. The number of hydrogen-bond donors (Lipinski definition) is 2. The number of nitrogens with one attached hydrogen (secondary N) is 1. The topological polar surface area (TPSA) is 179 Å². The van der Waals surface area contributed by atoms with Gasteiger partial charge in [-0.2, -0.15) is 5.06 Å². The smallest absolute Gasteiger partial charge is 0.348 e. The first-order valence-corrected chi connectivity index (χ1v) is 20.7. The van der Waals surface area contributed by atoms with E-state index in [1.165, 1.54) is 16.0 Å². The number of nitrogens with zero attached hydrogens (tertiary/aromatic N) is 2. The highest BCUT2D eigenvalue weighted by atomic mass is 16.8. The third-order valence-electron chi connectivity index (χ3n) is 13.1. The molecular weight excluding hydrogens is 762 g/mol. The number of benzene rings is 2. The number of rotatable bonds is 14. The van der Waals surface area contributed by atoms with E-state index in [2.05, 4.69) is 5.32 Å². The van der Waals surface area contributed by atoms with Gasteiger partial charge < -0.3 is 39.0 Å². The summed E-state index contributed by atoms with van der Waals surface area (Å²) in [7, 11) is 1.58. The first-order valence-electron chi connectivity index (χ1n) is 20.7. The minimum atomic E-state index is -1.51. The lowest BCUT2D eigenvalue weighted by atomic mass is 9.62. The molecule has 4 aliphatic heterocycles. The largest absolute Gasteiger partial charge is 0.462 e. The van der Waals surface area contributed by atoms with Crippen LogP contribution in [0.3, 0.4) is 0 Å². The second-order valence-electron chi connectivity index (χ2n) is 17.8. The van der Waals surface area contributed by atoms with E-state index >= 15 is 4.79 Å². The van der Waals surface area contributed by atoms with Crippen LogP contribution >= 0.6 is 0 Å². The van der Waals surface area contributed by atoms with Gasteiger partial charge >= 0.3 is 17.9 Å². The van der Waals surface area contributed by atoms with Gasteiger partial charge in [0.2, 0.25) is 17.9 Å². The first kappa shape index (κ1) is 39.8. The van der Waals surface area contributed by atoms with Crippen molar-refractivity contribution in [3.05, 3.63) is 77.4 Å². The summed E-state index contributed by atoms with van der Waals surface area (Å²) in [5.74, 6) is -3.21. The van der Waals surface area contributed by atoms with E-state index < -0.39 is 88.9 Å². The number of cyclic esters (lactones) is 1. The molecule has 7 fully saturated rings. The molecule has 314 valence electrons. The summed E-state index contributed by atoms with van der Waals surface area (Å²) in [5, 5.41) is 13.8. The first-order chi connectivity index (χ1) is 28.3. The summed E-state index contributed by atoms with van der Waals surface area (Å²) in [6.45, 7) is 3.54. The molecule has 4 heterocycles. The number of carbonyl (C=O) groups is 5. The number of hydrogen-bond acceptors (Lipinski definition) is 13. The Bertz CT molecular complexity index is 2020. The van der Waals surface area contributed by atoms with Crippen molar-refractivity contribution in [1.82, 2.24) is 15.3 Å². The fraction of sp³-hybridized carbons (Fsp3) is 0.568. The zero-order chi connectivity index (χ0) is 41.3. The third-order valence-corrected chi connectivity index (χ3v) is 13.1. The van der Waals surface area contributed by atoms with Crippen molar-refractivity contribution < 1.29 is 57.6 Å². The lowest BCUT2D eigenvalue weighted by molar-refractivity contribution is -0.235. The van der Waals surface area contributed by atoms with Crippen LogP contribution in [-0.4, -0.2) is 120 Å². The van der Waals surface area contributed by atoms with Crippen LogP contribution in [0.2, 0.25) is 0 Å². The van der Waals surface area contributed by atoms with E-state index in [4.69, 9.17) is 28.5 Å². The van der Waals surface area contributed by atoms with Crippen molar-refractivity contribution in [3.63, 3.8) is 0 Å². The molecule has 0 radical (unpaired) electrons. The quantitative estimate of drug-likeness (QED) is 0.162. The fourth-order valence-electron chi connectivity index (χ4n) is 9.89. The Morgan fingerprint density at radius 1 is 0.983 bits per heavy atom. The van der Waals surface area contributed by atoms with Gasteiger partial charge in [-0.15, -0.1) is 0 Å². The molecule has 59 heavy (non-hydrogen) atoms. The van der Waals surface area contributed by atoms with E-state index in [1.54, 1.807) is 39.1 Å². The van der Waals surface area contributed by atoms with Crippen LogP contribution in [0.15, 0.2) is 60.7 Å².